The molecule has 0 saturated carbocycles. The molecule has 2 heterocycles. The summed E-state index contributed by atoms with van der Waals surface area (Å²) in [6.07, 6.45) is -6.79. The van der Waals surface area contributed by atoms with E-state index in [0.29, 0.717) is 39.6 Å². The van der Waals surface area contributed by atoms with Crippen LogP contribution >= 0.6 is 0 Å². The Balaban J connectivity index is 1.52. The van der Waals surface area contributed by atoms with Gasteiger partial charge in [0.15, 0.2) is 0 Å². The molecular formula is C34H18F6N2O4. The minimum Gasteiger partial charge on any atom is -0.268 e. The highest BCUT2D eigenvalue weighted by Crippen LogP contribution is 2.57. The van der Waals surface area contributed by atoms with Crippen LogP contribution in [-0.4, -0.2) is 36.0 Å². The number of alkyl halides is 6. The van der Waals surface area contributed by atoms with Gasteiger partial charge < -0.3 is 0 Å². The smallest absolute Gasteiger partial charge is 0.268 e. The summed E-state index contributed by atoms with van der Waals surface area (Å²) in [7, 11) is 0. The fourth-order valence-corrected chi connectivity index (χ4v) is 5.90. The number of aryl methyl sites for hydroxylation is 1. The molecule has 230 valence electrons. The summed E-state index contributed by atoms with van der Waals surface area (Å²) in [6, 6.07) is 14.9. The Morgan fingerprint density at radius 2 is 1.00 bits per heavy atom. The highest BCUT2D eigenvalue weighted by atomic mass is 19.4. The Hall–Kier alpha value is -5.70. The van der Waals surface area contributed by atoms with Crippen molar-refractivity contribution in [2.45, 2.75) is 24.7 Å². The lowest BCUT2D eigenvalue weighted by atomic mass is 9.71. The summed E-state index contributed by atoms with van der Waals surface area (Å²) >= 11 is 0. The Morgan fingerprint density at radius 3 is 1.43 bits per heavy atom. The number of terminal acetylenes is 1. The number of hydrogen-bond acceptors (Lipinski definition) is 4. The van der Waals surface area contributed by atoms with Crippen LogP contribution in [0.4, 0.5) is 37.7 Å². The van der Waals surface area contributed by atoms with E-state index in [1.807, 2.05) is 0 Å². The minimum absolute atomic E-state index is 0.0268. The summed E-state index contributed by atoms with van der Waals surface area (Å²) in [5, 5.41) is 0. The Kier molecular flexibility index (Phi) is 6.70. The maximum atomic E-state index is 15.0. The molecular weight excluding hydrogens is 614 g/mol. The zero-order valence-corrected chi connectivity index (χ0v) is 23.5. The standard InChI is InChI=1S/C34H18F6N2O4/c1-3-19-7-5-9-23(15-19)42-29(44)25-13-11-21(17-27(25)31(42)46)32(33(35,36)37,34(38,39)40)20-10-12-24-26(16-20)30(45)41(28(24)43)22-8-4-6-18(2)14-22/h1,4-17H,2H3. The van der Waals surface area contributed by atoms with Gasteiger partial charge in [0.25, 0.3) is 23.6 Å². The predicted octanol–water partition coefficient (Wildman–Crippen LogP) is 6.99. The van der Waals surface area contributed by atoms with Gasteiger partial charge in [0.05, 0.1) is 33.6 Å². The van der Waals surface area contributed by atoms with Crippen molar-refractivity contribution in [2.75, 3.05) is 9.80 Å². The number of anilines is 2. The van der Waals surface area contributed by atoms with Crippen molar-refractivity contribution in [2.24, 2.45) is 0 Å². The summed E-state index contributed by atoms with van der Waals surface area (Å²) < 4.78 is 90.3. The second kappa shape index (κ2) is 10.2. The molecule has 0 aliphatic carbocycles. The molecule has 0 atom stereocenters. The number of nitrogens with zero attached hydrogens (tertiary/aromatic N) is 2. The average Bonchev–Trinajstić information content (AvgIpc) is 3.39. The van der Waals surface area contributed by atoms with Crippen molar-refractivity contribution >= 4 is 35.0 Å². The maximum Gasteiger partial charge on any atom is 0.411 e. The van der Waals surface area contributed by atoms with Crippen molar-refractivity contribution in [3.05, 3.63) is 129 Å². The summed E-state index contributed by atoms with van der Waals surface area (Å²) in [5.41, 5.74) is -8.76. The molecule has 2 aliphatic rings. The fourth-order valence-electron chi connectivity index (χ4n) is 5.90. The van der Waals surface area contributed by atoms with E-state index in [4.69, 9.17) is 6.42 Å². The first-order chi connectivity index (χ1) is 21.6. The van der Waals surface area contributed by atoms with E-state index in [1.165, 1.54) is 42.5 Å². The molecule has 0 spiro atoms. The highest BCUT2D eigenvalue weighted by Gasteiger charge is 2.73. The Labute approximate surface area is 256 Å². The molecule has 2 aliphatic heterocycles. The third kappa shape index (κ3) is 4.23. The van der Waals surface area contributed by atoms with Gasteiger partial charge in [-0.3, -0.25) is 19.2 Å². The summed E-state index contributed by atoms with van der Waals surface area (Å²) in [4.78, 5) is 54.2. The largest absolute Gasteiger partial charge is 0.411 e. The van der Waals surface area contributed by atoms with Crippen LogP contribution in [0.1, 0.15) is 63.7 Å². The van der Waals surface area contributed by atoms with Crippen LogP contribution in [0.2, 0.25) is 0 Å². The zero-order chi connectivity index (χ0) is 33.3. The molecule has 0 aromatic heterocycles. The molecule has 6 nitrogen and oxygen atoms in total. The van der Waals surface area contributed by atoms with Crippen molar-refractivity contribution in [3.8, 4) is 12.3 Å². The molecule has 0 unspecified atom stereocenters. The van der Waals surface area contributed by atoms with E-state index in [2.05, 4.69) is 5.92 Å². The zero-order valence-electron chi connectivity index (χ0n) is 23.5. The lowest BCUT2D eigenvalue weighted by Gasteiger charge is -2.38. The van der Waals surface area contributed by atoms with Crippen LogP contribution in [-0.2, 0) is 5.41 Å². The van der Waals surface area contributed by atoms with Crippen molar-refractivity contribution < 1.29 is 45.5 Å². The molecule has 0 N–H and O–H groups in total. The van der Waals surface area contributed by atoms with Gasteiger partial charge in [-0.15, -0.1) is 6.42 Å². The highest BCUT2D eigenvalue weighted by molar-refractivity contribution is 6.35. The molecule has 46 heavy (non-hydrogen) atoms. The van der Waals surface area contributed by atoms with Gasteiger partial charge in [-0.1, -0.05) is 36.3 Å². The number of fused-ring (bicyclic) bond motifs is 2. The summed E-state index contributed by atoms with van der Waals surface area (Å²) in [6.45, 7) is 1.67. The molecule has 4 aromatic carbocycles. The number of carbonyl (C=O) groups excluding carboxylic acids is 4. The van der Waals surface area contributed by atoms with E-state index in [0.717, 1.165) is 12.1 Å². The second-order valence-electron chi connectivity index (χ2n) is 10.7. The Bertz CT molecular complexity index is 2040. The van der Waals surface area contributed by atoms with E-state index in [1.54, 1.807) is 13.0 Å². The van der Waals surface area contributed by atoms with Gasteiger partial charge in [0, 0.05) is 5.56 Å². The third-order valence-corrected chi connectivity index (χ3v) is 8.02. The number of halogens is 6. The number of imide groups is 2. The molecule has 0 saturated heterocycles. The van der Waals surface area contributed by atoms with Crippen LogP contribution in [0.25, 0.3) is 0 Å². The molecule has 12 heteroatoms. The lowest BCUT2D eigenvalue weighted by molar-refractivity contribution is -0.288. The Morgan fingerprint density at radius 1 is 0.565 bits per heavy atom. The third-order valence-electron chi connectivity index (χ3n) is 8.02. The van der Waals surface area contributed by atoms with E-state index in [-0.39, 0.29) is 22.5 Å². The van der Waals surface area contributed by atoms with Gasteiger partial charge in [-0.2, -0.15) is 26.3 Å². The van der Waals surface area contributed by atoms with Gasteiger partial charge in [-0.05, 0) is 78.2 Å². The normalized spacial score (nSPS) is 14.9. The first-order valence-corrected chi connectivity index (χ1v) is 13.4. The van der Waals surface area contributed by atoms with Gasteiger partial charge in [-0.25, -0.2) is 9.80 Å². The maximum absolute atomic E-state index is 15.0. The van der Waals surface area contributed by atoms with Crippen molar-refractivity contribution in [3.63, 3.8) is 0 Å². The minimum atomic E-state index is -6.08. The number of amides is 4. The van der Waals surface area contributed by atoms with Gasteiger partial charge in [0.2, 0.25) is 5.41 Å². The van der Waals surface area contributed by atoms with Crippen molar-refractivity contribution in [1.29, 1.82) is 0 Å². The fraction of sp³-hybridized carbons (Fsp3) is 0.118. The first kappa shape index (κ1) is 30.3. The van der Waals surface area contributed by atoms with E-state index < -0.39 is 69.2 Å². The number of carbonyl (C=O) groups is 4. The van der Waals surface area contributed by atoms with Crippen LogP contribution in [0.15, 0.2) is 84.9 Å². The molecule has 0 fully saturated rings. The molecule has 0 radical (unpaired) electrons. The van der Waals surface area contributed by atoms with Gasteiger partial charge in [0.1, 0.15) is 0 Å². The van der Waals surface area contributed by atoms with Crippen LogP contribution in [0.3, 0.4) is 0 Å². The number of benzene rings is 4. The van der Waals surface area contributed by atoms with Crippen LogP contribution in [0, 0.1) is 19.3 Å². The first-order valence-electron chi connectivity index (χ1n) is 13.4. The van der Waals surface area contributed by atoms with Crippen molar-refractivity contribution in [1.82, 2.24) is 0 Å². The quantitative estimate of drug-likeness (QED) is 0.138. The second-order valence-corrected chi connectivity index (χ2v) is 10.7. The molecule has 4 amide bonds. The average molecular weight is 633 g/mol. The monoisotopic (exact) mass is 632 g/mol. The van der Waals surface area contributed by atoms with Crippen LogP contribution < -0.4 is 9.80 Å². The predicted molar refractivity (Wildman–Crippen MR) is 154 cm³/mol. The van der Waals surface area contributed by atoms with E-state index in [9.17, 15) is 19.2 Å². The lowest BCUT2D eigenvalue weighted by Crippen LogP contribution is -2.55. The van der Waals surface area contributed by atoms with Gasteiger partial charge >= 0.3 is 12.4 Å². The molecule has 0 bridgehead atoms. The topological polar surface area (TPSA) is 74.8 Å². The summed E-state index contributed by atoms with van der Waals surface area (Å²) in [5.74, 6) is -1.84. The van der Waals surface area contributed by atoms with Crippen LogP contribution in [0.5, 0.6) is 0 Å². The molecule has 6 rings (SSSR count). The van der Waals surface area contributed by atoms with E-state index >= 15 is 26.3 Å². The molecule has 4 aromatic rings. The number of rotatable bonds is 4. The number of hydrogen-bond donors (Lipinski definition) is 0. The SMILES string of the molecule is C#Cc1cccc(N2C(=O)c3ccc(C(c4ccc5c(c4)C(=O)N(c4cccc(C)c4)C5=O)(C(F)(F)F)C(F)(F)F)cc3C2=O)c1.